The molecule has 1 saturated heterocycles. The first-order valence-electron chi connectivity index (χ1n) is 6.83. The van der Waals surface area contributed by atoms with Crippen LogP contribution in [0.2, 0.25) is 0 Å². The van der Waals surface area contributed by atoms with Crippen LogP contribution in [0.25, 0.3) is 0 Å². The molecule has 0 spiro atoms. The molecule has 0 aromatic heterocycles. The van der Waals surface area contributed by atoms with E-state index in [9.17, 15) is 4.79 Å². The maximum absolute atomic E-state index is 12.2. The molecular formula is C13H24N2OS. The van der Waals surface area contributed by atoms with Gasteiger partial charge in [-0.1, -0.05) is 0 Å². The summed E-state index contributed by atoms with van der Waals surface area (Å²) in [5, 5.41) is 3.49. The van der Waals surface area contributed by atoms with Crippen LogP contribution in [-0.2, 0) is 4.79 Å². The molecule has 3 nitrogen and oxygen atoms in total. The Bertz CT molecular complexity index is 250. The highest BCUT2D eigenvalue weighted by Crippen LogP contribution is 2.28. The summed E-state index contributed by atoms with van der Waals surface area (Å²) in [6.07, 6.45) is 8.82. The summed E-state index contributed by atoms with van der Waals surface area (Å²) in [4.78, 5) is 14.3. The molecule has 0 aromatic rings. The third-order valence-corrected chi connectivity index (χ3v) is 4.32. The van der Waals surface area contributed by atoms with E-state index in [0.717, 1.165) is 31.7 Å². The van der Waals surface area contributed by atoms with Gasteiger partial charge < -0.3 is 10.2 Å². The molecule has 2 rings (SSSR count). The van der Waals surface area contributed by atoms with E-state index in [4.69, 9.17) is 0 Å². The predicted molar refractivity (Wildman–Crippen MR) is 73.4 cm³/mol. The van der Waals surface area contributed by atoms with Crippen LogP contribution in [0.5, 0.6) is 0 Å². The second-order valence-corrected chi connectivity index (χ2v) is 6.15. The highest BCUT2D eigenvalue weighted by Gasteiger charge is 2.33. The fourth-order valence-electron chi connectivity index (χ4n) is 2.50. The van der Waals surface area contributed by atoms with E-state index in [0.29, 0.717) is 18.0 Å². The van der Waals surface area contributed by atoms with Crippen LogP contribution in [-0.4, -0.2) is 48.0 Å². The Labute approximate surface area is 109 Å². The zero-order chi connectivity index (χ0) is 12.1. The van der Waals surface area contributed by atoms with Crippen LogP contribution in [0.15, 0.2) is 0 Å². The summed E-state index contributed by atoms with van der Waals surface area (Å²) < 4.78 is 0. The normalized spacial score (nSPS) is 23.9. The fraction of sp³-hybridized carbons (Fsp3) is 0.923. The number of carbonyl (C=O) groups excluding carboxylic acids is 1. The second-order valence-electron chi connectivity index (χ2n) is 5.17. The van der Waals surface area contributed by atoms with Gasteiger partial charge in [0.25, 0.3) is 0 Å². The highest BCUT2D eigenvalue weighted by molar-refractivity contribution is 7.98. The smallest absolute Gasteiger partial charge is 0.222 e. The van der Waals surface area contributed by atoms with E-state index in [1.54, 1.807) is 0 Å². The lowest BCUT2D eigenvalue weighted by atomic mass is 10.2. The molecule has 2 aliphatic rings. The summed E-state index contributed by atoms with van der Waals surface area (Å²) in [6.45, 7) is 2.08. The molecule has 1 aliphatic carbocycles. The number of thioether (sulfide) groups is 1. The van der Waals surface area contributed by atoms with Crippen LogP contribution in [0, 0.1) is 0 Å². The maximum Gasteiger partial charge on any atom is 0.222 e. The van der Waals surface area contributed by atoms with Crippen molar-refractivity contribution in [2.24, 2.45) is 0 Å². The van der Waals surface area contributed by atoms with Gasteiger partial charge in [0.15, 0.2) is 0 Å². The Morgan fingerprint density at radius 3 is 2.82 bits per heavy atom. The molecule has 1 amide bonds. The van der Waals surface area contributed by atoms with Crippen LogP contribution in [0.4, 0.5) is 0 Å². The third-order valence-electron chi connectivity index (χ3n) is 3.63. The number of amides is 1. The van der Waals surface area contributed by atoms with Crippen LogP contribution >= 0.6 is 11.8 Å². The van der Waals surface area contributed by atoms with Gasteiger partial charge in [0.2, 0.25) is 5.91 Å². The second kappa shape index (κ2) is 6.64. The Morgan fingerprint density at radius 2 is 2.24 bits per heavy atom. The van der Waals surface area contributed by atoms with Crippen molar-refractivity contribution >= 4 is 17.7 Å². The van der Waals surface area contributed by atoms with Crippen molar-refractivity contribution in [1.82, 2.24) is 10.2 Å². The molecule has 17 heavy (non-hydrogen) atoms. The summed E-state index contributed by atoms with van der Waals surface area (Å²) >= 11 is 1.83. The first-order valence-corrected chi connectivity index (χ1v) is 8.22. The highest BCUT2D eigenvalue weighted by atomic mass is 32.2. The predicted octanol–water partition coefficient (Wildman–Crippen LogP) is 1.87. The molecule has 1 heterocycles. The van der Waals surface area contributed by atoms with Crippen molar-refractivity contribution in [3.63, 3.8) is 0 Å². The van der Waals surface area contributed by atoms with Crippen molar-refractivity contribution in [2.75, 3.05) is 25.1 Å². The van der Waals surface area contributed by atoms with Crippen molar-refractivity contribution in [1.29, 1.82) is 0 Å². The summed E-state index contributed by atoms with van der Waals surface area (Å²) in [7, 11) is 0. The zero-order valence-electron chi connectivity index (χ0n) is 10.8. The molecule has 1 aliphatic heterocycles. The Morgan fingerprint density at radius 1 is 1.41 bits per heavy atom. The summed E-state index contributed by atoms with van der Waals surface area (Å²) in [5.74, 6) is 1.49. The molecule has 1 atom stereocenters. The lowest BCUT2D eigenvalue weighted by Gasteiger charge is -2.26. The third kappa shape index (κ3) is 4.18. The number of nitrogens with one attached hydrogen (secondary N) is 1. The number of rotatable bonds is 7. The topological polar surface area (TPSA) is 32.3 Å². The van der Waals surface area contributed by atoms with E-state index < -0.39 is 0 Å². The standard InChI is InChI=1S/C13H24N2OS/c1-17-9-3-5-13(16)15(12-6-7-12)10-11-4-2-8-14-11/h11-12,14H,2-10H2,1H3. The molecule has 0 aromatic carbocycles. The van der Waals surface area contributed by atoms with Gasteiger partial charge in [0.1, 0.15) is 0 Å². The van der Waals surface area contributed by atoms with Crippen LogP contribution in [0.1, 0.15) is 38.5 Å². The van der Waals surface area contributed by atoms with Crippen molar-refractivity contribution in [2.45, 2.75) is 50.6 Å². The largest absolute Gasteiger partial charge is 0.338 e. The van der Waals surface area contributed by atoms with E-state index in [2.05, 4.69) is 16.5 Å². The van der Waals surface area contributed by atoms with E-state index in [1.807, 2.05) is 11.8 Å². The molecule has 1 saturated carbocycles. The summed E-state index contributed by atoms with van der Waals surface area (Å²) in [6, 6.07) is 1.12. The summed E-state index contributed by atoms with van der Waals surface area (Å²) in [5.41, 5.74) is 0. The zero-order valence-corrected chi connectivity index (χ0v) is 11.6. The average Bonchev–Trinajstić information content (AvgIpc) is 3.03. The van der Waals surface area contributed by atoms with Gasteiger partial charge in [-0.25, -0.2) is 0 Å². The van der Waals surface area contributed by atoms with Crippen molar-refractivity contribution < 1.29 is 4.79 Å². The van der Waals surface area contributed by atoms with Gasteiger partial charge in [0.05, 0.1) is 0 Å². The molecule has 2 fully saturated rings. The number of hydrogen-bond donors (Lipinski definition) is 1. The minimum Gasteiger partial charge on any atom is -0.338 e. The number of hydrogen-bond acceptors (Lipinski definition) is 3. The van der Waals surface area contributed by atoms with E-state index in [1.165, 1.54) is 25.7 Å². The van der Waals surface area contributed by atoms with Gasteiger partial charge in [-0.05, 0) is 50.7 Å². The van der Waals surface area contributed by atoms with Gasteiger partial charge in [-0.3, -0.25) is 4.79 Å². The van der Waals surface area contributed by atoms with Gasteiger partial charge in [0, 0.05) is 25.0 Å². The molecule has 0 radical (unpaired) electrons. The fourth-order valence-corrected chi connectivity index (χ4v) is 2.94. The Balaban J connectivity index is 1.76. The Hall–Kier alpha value is -0.220. The molecular weight excluding hydrogens is 232 g/mol. The Kier molecular flexibility index (Phi) is 5.16. The molecule has 1 N–H and O–H groups in total. The van der Waals surface area contributed by atoms with Gasteiger partial charge >= 0.3 is 0 Å². The molecule has 4 heteroatoms. The quantitative estimate of drug-likeness (QED) is 0.706. The lowest BCUT2D eigenvalue weighted by Crippen LogP contribution is -2.42. The average molecular weight is 256 g/mol. The maximum atomic E-state index is 12.2. The first-order chi connectivity index (χ1) is 8.31. The van der Waals surface area contributed by atoms with Crippen molar-refractivity contribution in [3.8, 4) is 0 Å². The first kappa shape index (κ1) is 13.2. The minimum absolute atomic E-state index is 0.384. The van der Waals surface area contributed by atoms with Gasteiger partial charge in [-0.15, -0.1) is 0 Å². The van der Waals surface area contributed by atoms with Crippen molar-refractivity contribution in [3.05, 3.63) is 0 Å². The SMILES string of the molecule is CSCCCC(=O)N(CC1CCCN1)C1CC1. The van der Waals surface area contributed by atoms with E-state index in [-0.39, 0.29) is 0 Å². The lowest BCUT2D eigenvalue weighted by molar-refractivity contribution is -0.132. The molecule has 98 valence electrons. The van der Waals surface area contributed by atoms with Gasteiger partial charge in [-0.2, -0.15) is 11.8 Å². The van der Waals surface area contributed by atoms with Crippen LogP contribution < -0.4 is 5.32 Å². The molecule has 1 unspecified atom stereocenters. The van der Waals surface area contributed by atoms with E-state index >= 15 is 0 Å². The minimum atomic E-state index is 0.384. The number of carbonyl (C=O) groups is 1. The molecule has 0 bridgehead atoms. The monoisotopic (exact) mass is 256 g/mol. The van der Waals surface area contributed by atoms with Crippen LogP contribution in [0.3, 0.4) is 0 Å². The number of nitrogens with zero attached hydrogens (tertiary/aromatic N) is 1.